The van der Waals surface area contributed by atoms with Crippen molar-refractivity contribution in [2.45, 2.75) is 24.2 Å². The van der Waals surface area contributed by atoms with Crippen LogP contribution in [0.4, 0.5) is 0 Å². The van der Waals surface area contributed by atoms with E-state index < -0.39 is 13.3 Å². The van der Waals surface area contributed by atoms with Crippen LogP contribution >= 0.6 is 0 Å². The second-order valence-corrected chi connectivity index (χ2v) is 19.0. The number of hydrogen-bond acceptors (Lipinski definition) is 0. The van der Waals surface area contributed by atoms with E-state index in [9.17, 15) is 0 Å². The van der Waals surface area contributed by atoms with Crippen molar-refractivity contribution >= 4 is 39.2 Å². The fraction of sp³-hybridized carbons (Fsp3) is 0.208. The number of fused-ring (bicyclic) bond motifs is 3. The quantitative estimate of drug-likeness (QED) is 0.243. The van der Waals surface area contributed by atoms with E-state index in [1.54, 1.807) is 4.40 Å². The van der Waals surface area contributed by atoms with Gasteiger partial charge in [-0.15, -0.1) is 0 Å². The van der Waals surface area contributed by atoms with E-state index in [2.05, 4.69) is 103 Å². The molecule has 4 aromatic rings. The van der Waals surface area contributed by atoms with E-state index in [0.29, 0.717) is 0 Å². The van der Waals surface area contributed by atoms with Gasteiger partial charge in [0.2, 0.25) is 0 Å². The van der Waals surface area contributed by atoms with E-state index in [1.165, 1.54) is 38.4 Å². The van der Waals surface area contributed by atoms with Crippen molar-refractivity contribution in [1.82, 2.24) is 0 Å². The second kappa shape index (κ2) is 6.24. The van der Waals surface area contributed by atoms with Gasteiger partial charge in [-0.2, -0.15) is 0 Å². The van der Waals surface area contributed by atoms with Gasteiger partial charge in [0.05, 0.1) is 0 Å². The van der Waals surface area contributed by atoms with Crippen molar-refractivity contribution < 1.29 is 4.57 Å². The average molecular weight is 401 g/mol. The van der Waals surface area contributed by atoms with E-state index in [-0.39, 0.29) is 0 Å². The van der Waals surface area contributed by atoms with Gasteiger partial charge >= 0.3 is 159 Å². The summed E-state index contributed by atoms with van der Waals surface area (Å²) in [6, 6.07) is 22.4. The molecule has 130 valence electrons. The van der Waals surface area contributed by atoms with Gasteiger partial charge < -0.3 is 0 Å². The van der Waals surface area contributed by atoms with Crippen molar-refractivity contribution in [2.24, 2.45) is 7.05 Å². The zero-order valence-electron chi connectivity index (χ0n) is 16.3. The Morgan fingerprint density at radius 2 is 1.46 bits per heavy atom. The first kappa shape index (κ1) is 17.3. The molecule has 0 aliphatic carbocycles. The maximum absolute atomic E-state index is 2.45. The Hall–Kier alpha value is -2.13. The van der Waals surface area contributed by atoms with Crippen molar-refractivity contribution in [2.75, 3.05) is 0 Å². The summed E-state index contributed by atoms with van der Waals surface area (Å²) < 4.78 is 3.86. The third kappa shape index (κ3) is 2.85. The molecule has 26 heavy (non-hydrogen) atoms. The third-order valence-electron chi connectivity index (χ3n) is 5.39. The summed E-state index contributed by atoms with van der Waals surface area (Å²) in [4.78, 5) is 0. The van der Waals surface area contributed by atoms with E-state index >= 15 is 0 Å². The molecule has 0 amide bonds. The molecule has 2 heteroatoms. The van der Waals surface area contributed by atoms with Crippen LogP contribution in [0.1, 0.15) is 5.56 Å². The molecule has 0 atom stereocenters. The van der Waals surface area contributed by atoms with Crippen molar-refractivity contribution in [3.8, 4) is 11.3 Å². The zero-order chi connectivity index (χ0) is 18.5. The molecule has 0 bridgehead atoms. The van der Waals surface area contributed by atoms with Crippen LogP contribution in [0.5, 0.6) is 0 Å². The molecule has 1 nitrogen and oxygen atoms in total. The number of benzene rings is 3. The topological polar surface area (TPSA) is 3.88 Å². The van der Waals surface area contributed by atoms with Crippen molar-refractivity contribution in [1.29, 1.82) is 0 Å². The van der Waals surface area contributed by atoms with E-state index in [0.717, 1.165) is 0 Å². The number of hydrogen-bond donors (Lipinski definition) is 0. The predicted molar refractivity (Wildman–Crippen MR) is 116 cm³/mol. The van der Waals surface area contributed by atoms with Gasteiger partial charge in [-0.05, 0) is 0 Å². The molecular formula is C24H26GeN+. The Balaban J connectivity index is 2.03. The molecule has 0 saturated carbocycles. The summed E-state index contributed by atoms with van der Waals surface area (Å²) in [7, 11) is 2.19. The number of nitrogens with zero attached hydrogens (tertiary/aromatic N) is 1. The standard InChI is InChI=1S/C24H26GeN/c1-17-10-13-21-20-9-7-6-8-18(20)11-14-22(21)24(17)23-15-12-19(16-26(23)5)25(2,3)4/h6-16H,1-5H3/q+1. The first-order chi connectivity index (χ1) is 12.4. The molecular weight excluding hydrogens is 375 g/mol. The molecule has 0 aliphatic rings. The second-order valence-electron chi connectivity index (χ2n) is 8.30. The van der Waals surface area contributed by atoms with E-state index in [4.69, 9.17) is 0 Å². The molecule has 0 aliphatic heterocycles. The summed E-state index contributed by atoms with van der Waals surface area (Å²) in [6.07, 6.45) is 2.36. The first-order valence-corrected chi connectivity index (χ1v) is 16.6. The number of rotatable bonds is 2. The molecule has 3 aromatic carbocycles. The Kier molecular flexibility index (Phi) is 4.15. The minimum absolute atomic E-state index is 1.29. The summed E-state index contributed by atoms with van der Waals surface area (Å²) in [6.45, 7) is 2.22. The van der Waals surface area contributed by atoms with Crippen LogP contribution in [0.15, 0.2) is 66.9 Å². The maximum atomic E-state index is 2.45. The fourth-order valence-electron chi connectivity index (χ4n) is 3.85. The summed E-state index contributed by atoms with van der Waals surface area (Å²) >= 11 is -1.83. The van der Waals surface area contributed by atoms with Crippen LogP contribution in [0.3, 0.4) is 0 Å². The normalized spacial score (nSPS) is 12.0. The number of pyridine rings is 1. The zero-order valence-corrected chi connectivity index (χ0v) is 18.4. The predicted octanol–water partition coefficient (Wildman–Crippen LogP) is 5.34. The summed E-state index contributed by atoms with van der Waals surface area (Å²) in [5, 5.41) is 5.30. The SMILES string of the molecule is Cc1ccc2c(ccc3ccccc32)c1-c1cc[c]([Ge]([CH3])([CH3])[CH3])c[n+]1C. The molecule has 0 unspecified atom stereocenters. The molecule has 0 spiro atoms. The van der Waals surface area contributed by atoms with Gasteiger partial charge in [0, 0.05) is 0 Å². The third-order valence-corrected chi connectivity index (χ3v) is 9.64. The van der Waals surface area contributed by atoms with Crippen LogP contribution in [0.2, 0.25) is 17.3 Å². The van der Waals surface area contributed by atoms with Crippen LogP contribution in [0.25, 0.3) is 32.8 Å². The molecule has 1 heterocycles. The summed E-state index contributed by atoms with van der Waals surface area (Å²) in [5.74, 6) is 7.35. The van der Waals surface area contributed by atoms with Gasteiger partial charge in [0.25, 0.3) is 0 Å². The number of aromatic nitrogens is 1. The van der Waals surface area contributed by atoms with Gasteiger partial charge in [-0.1, -0.05) is 0 Å². The molecule has 0 saturated heterocycles. The van der Waals surface area contributed by atoms with Gasteiger partial charge in [0.1, 0.15) is 0 Å². The van der Waals surface area contributed by atoms with E-state index in [1.807, 2.05) is 0 Å². The van der Waals surface area contributed by atoms with Crippen LogP contribution in [-0.2, 0) is 7.05 Å². The van der Waals surface area contributed by atoms with Crippen LogP contribution < -0.4 is 8.96 Å². The van der Waals surface area contributed by atoms with Crippen molar-refractivity contribution in [3.63, 3.8) is 0 Å². The molecule has 0 fully saturated rings. The molecule has 4 rings (SSSR count). The fourth-order valence-corrected chi connectivity index (χ4v) is 6.29. The Bertz CT molecular complexity index is 1140. The monoisotopic (exact) mass is 402 g/mol. The average Bonchev–Trinajstić information content (AvgIpc) is 2.61. The van der Waals surface area contributed by atoms with Gasteiger partial charge in [-0.25, -0.2) is 0 Å². The van der Waals surface area contributed by atoms with Gasteiger partial charge in [0.15, 0.2) is 0 Å². The molecule has 1 aromatic heterocycles. The van der Waals surface area contributed by atoms with Crippen LogP contribution in [-0.4, -0.2) is 13.3 Å². The minimum atomic E-state index is -1.83. The van der Waals surface area contributed by atoms with Crippen LogP contribution in [0, 0.1) is 6.92 Å². The Morgan fingerprint density at radius 1 is 0.731 bits per heavy atom. The number of aryl methyl sites for hydroxylation is 2. The molecule has 0 N–H and O–H groups in total. The summed E-state index contributed by atoms with van der Waals surface area (Å²) in [5.41, 5.74) is 3.97. The molecule has 0 radical (unpaired) electrons. The Labute approximate surface area is 158 Å². The van der Waals surface area contributed by atoms with Crippen molar-refractivity contribution in [3.05, 3.63) is 72.4 Å². The van der Waals surface area contributed by atoms with Gasteiger partial charge in [-0.3, -0.25) is 0 Å². The first-order valence-electron chi connectivity index (χ1n) is 9.28. The Morgan fingerprint density at radius 3 is 2.19 bits per heavy atom.